The van der Waals surface area contributed by atoms with Crippen molar-refractivity contribution in [3.63, 3.8) is 0 Å². The SMILES string of the molecule is CCc1cc(Nc2cc([N+](=O)[O-])ccc2C(=O)O)n[nH]1. The summed E-state index contributed by atoms with van der Waals surface area (Å²) in [4.78, 5) is 21.3. The fourth-order valence-corrected chi connectivity index (χ4v) is 1.68. The van der Waals surface area contributed by atoms with Gasteiger partial charge in [-0.05, 0) is 12.5 Å². The smallest absolute Gasteiger partial charge is 0.337 e. The van der Waals surface area contributed by atoms with Crippen molar-refractivity contribution >= 4 is 23.2 Å². The fraction of sp³-hybridized carbons (Fsp3) is 0.167. The molecule has 20 heavy (non-hydrogen) atoms. The number of aryl methyl sites for hydroxylation is 1. The Labute approximate surface area is 113 Å². The molecule has 2 aromatic rings. The normalized spacial score (nSPS) is 10.2. The first-order valence-corrected chi connectivity index (χ1v) is 5.84. The van der Waals surface area contributed by atoms with E-state index in [0.29, 0.717) is 5.82 Å². The summed E-state index contributed by atoms with van der Waals surface area (Å²) < 4.78 is 0. The molecular weight excluding hydrogens is 264 g/mol. The lowest BCUT2D eigenvalue weighted by Crippen LogP contribution is -2.04. The summed E-state index contributed by atoms with van der Waals surface area (Å²) in [5.41, 5.74) is 0.746. The maximum atomic E-state index is 11.1. The standard InChI is InChI=1S/C12H12N4O4/c1-2-7-5-11(15-14-7)13-10-6-8(16(19)20)3-4-9(10)12(17)18/h3-6H,2H2,1H3,(H,17,18)(H2,13,14,15). The number of carboxylic acids is 1. The number of anilines is 2. The van der Waals surface area contributed by atoms with Crippen LogP contribution in [0.1, 0.15) is 23.0 Å². The Morgan fingerprint density at radius 3 is 2.80 bits per heavy atom. The Balaban J connectivity index is 2.39. The van der Waals surface area contributed by atoms with Crippen LogP contribution in [0.25, 0.3) is 0 Å². The zero-order valence-electron chi connectivity index (χ0n) is 10.6. The molecule has 0 unspecified atom stereocenters. The van der Waals surface area contributed by atoms with Gasteiger partial charge < -0.3 is 10.4 Å². The second kappa shape index (κ2) is 5.39. The molecule has 0 saturated carbocycles. The quantitative estimate of drug-likeness (QED) is 0.569. The van der Waals surface area contributed by atoms with Gasteiger partial charge in [0, 0.05) is 23.9 Å². The number of non-ortho nitro benzene ring substituents is 1. The molecule has 8 nitrogen and oxygen atoms in total. The molecule has 0 saturated heterocycles. The molecule has 1 aromatic carbocycles. The van der Waals surface area contributed by atoms with Gasteiger partial charge in [-0.1, -0.05) is 6.92 Å². The van der Waals surface area contributed by atoms with E-state index in [1.807, 2.05) is 6.92 Å². The Bertz CT molecular complexity index is 665. The van der Waals surface area contributed by atoms with Gasteiger partial charge in [0.15, 0.2) is 5.82 Å². The van der Waals surface area contributed by atoms with Crippen LogP contribution in [0, 0.1) is 10.1 Å². The molecule has 0 amide bonds. The first kappa shape index (κ1) is 13.5. The van der Waals surface area contributed by atoms with E-state index in [1.54, 1.807) is 6.07 Å². The van der Waals surface area contributed by atoms with Crippen molar-refractivity contribution < 1.29 is 14.8 Å². The van der Waals surface area contributed by atoms with Gasteiger partial charge in [-0.3, -0.25) is 15.2 Å². The molecule has 0 spiro atoms. The number of hydrogen-bond acceptors (Lipinski definition) is 5. The zero-order chi connectivity index (χ0) is 14.7. The van der Waals surface area contributed by atoms with E-state index < -0.39 is 10.9 Å². The molecule has 104 valence electrons. The molecule has 0 aliphatic rings. The van der Waals surface area contributed by atoms with Crippen molar-refractivity contribution in [1.29, 1.82) is 0 Å². The van der Waals surface area contributed by atoms with Gasteiger partial charge in [0.2, 0.25) is 0 Å². The number of nitrogens with zero attached hydrogens (tertiary/aromatic N) is 2. The number of nitrogens with one attached hydrogen (secondary N) is 2. The Kier molecular flexibility index (Phi) is 3.65. The van der Waals surface area contributed by atoms with E-state index in [-0.39, 0.29) is 16.9 Å². The number of H-pyrrole nitrogens is 1. The van der Waals surface area contributed by atoms with Gasteiger partial charge in [-0.25, -0.2) is 4.79 Å². The monoisotopic (exact) mass is 276 g/mol. The number of aromatic carboxylic acids is 1. The fourth-order valence-electron chi connectivity index (χ4n) is 1.68. The minimum absolute atomic E-state index is 0.0587. The van der Waals surface area contributed by atoms with Gasteiger partial charge >= 0.3 is 5.97 Å². The number of nitro benzene ring substituents is 1. The van der Waals surface area contributed by atoms with Crippen molar-refractivity contribution in [3.8, 4) is 0 Å². The van der Waals surface area contributed by atoms with Crippen LogP contribution in [-0.4, -0.2) is 26.2 Å². The second-order valence-corrected chi connectivity index (χ2v) is 4.05. The minimum Gasteiger partial charge on any atom is -0.478 e. The van der Waals surface area contributed by atoms with E-state index >= 15 is 0 Å². The van der Waals surface area contributed by atoms with Crippen molar-refractivity contribution in [2.75, 3.05) is 5.32 Å². The largest absolute Gasteiger partial charge is 0.478 e. The number of aromatic nitrogens is 2. The van der Waals surface area contributed by atoms with Crippen LogP contribution < -0.4 is 5.32 Å². The van der Waals surface area contributed by atoms with Crippen LogP contribution in [0.2, 0.25) is 0 Å². The lowest BCUT2D eigenvalue weighted by Gasteiger charge is -2.06. The van der Waals surface area contributed by atoms with E-state index in [9.17, 15) is 14.9 Å². The third kappa shape index (κ3) is 2.74. The Hall–Kier alpha value is -2.90. The van der Waals surface area contributed by atoms with Crippen LogP contribution in [0.5, 0.6) is 0 Å². The summed E-state index contributed by atoms with van der Waals surface area (Å²) in [6.07, 6.45) is 0.745. The van der Waals surface area contributed by atoms with Gasteiger partial charge in [0.25, 0.3) is 5.69 Å². The summed E-state index contributed by atoms with van der Waals surface area (Å²) in [7, 11) is 0. The summed E-state index contributed by atoms with van der Waals surface area (Å²) in [5, 5.41) is 29.3. The predicted molar refractivity (Wildman–Crippen MR) is 71.3 cm³/mol. The Morgan fingerprint density at radius 1 is 1.50 bits per heavy atom. The van der Waals surface area contributed by atoms with Crippen LogP contribution in [0.15, 0.2) is 24.3 Å². The van der Waals surface area contributed by atoms with E-state index in [4.69, 9.17) is 5.11 Å². The number of carboxylic acid groups (broad SMARTS) is 1. The summed E-state index contributed by atoms with van der Waals surface area (Å²) in [5.74, 6) is -0.765. The van der Waals surface area contributed by atoms with Crippen LogP contribution in [-0.2, 0) is 6.42 Å². The molecule has 1 heterocycles. The number of aromatic amines is 1. The van der Waals surface area contributed by atoms with E-state index in [0.717, 1.165) is 18.2 Å². The van der Waals surface area contributed by atoms with Gasteiger partial charge in [-0.15, -0.1) is 0 Å². The summed E-state index contributed by atoms with van der Waals surface area (Å²) in [6, 6.07) is 5.22. The maximum Gasteiger partial charge on any atom is 0.337 e. The average Bonchev–Trinajstić information content (AvgIpc) is 2.86. The van der Waals surface area contributed by atoms with E-state index in [1.165, 1.54) is 12.1 Å². The average molecular weight is 276 g/mol. The highest BCUT2D eigenvalue weighted by atomic mass is 16.6. The molecule has 0 radical (unpaired) electrons. The first-order valence-electron chi connectivity index (χ1n) is 5.84. The Morgan fingerprint density at radius 2 is 2.25 bits per heavy atom. The van der Waals surface area contributed by atoms with Crippen molar-refractivity contribution in [1.82, 2.24) is 10.2 Å². The molecule has 0 atom stereocenters. The third-order valence-electron chi connectivity index (χ3n) is 2.72. The highest BCUT2D eigenvalue weighted by Crippen LogP contribution is 2.25. The van der Waals surface area contributed by atoms with Crippen LogP contribution in [0.4, 0.5) is 17.2 Å². The number of rotatable bonds is 5. The van der Waals surface area contributed by atoms with Crippen LogP contribution in [0.3, 0.4) is 0 Å². The second-order valence-electron chi connectivity index (χ2n) is 4.05. The number of benzene rings is 1. The summed E-state index contributed by atoms with van der Waals surface area (Å²) >= 11 is 0. The van der Waals surface area contributed by atoms with Crippen molar-refractivity contribution in [2.24, 2.45) is 0 Å². The molecule has 0 aliphatic heterocycles. The lowest BCUT2D eigenvalue weighted by molar-refractivity contribution is -0.384. The highest BCUT2D eigenvalue weighted by Gasteiger charge is 2.16. The molecule has 0 aliphatic carbocycles. The molecular formula is C12H12N4O4. The molecule has 0 bridgehead atoms. The minimum atomic E-state index is -1.17. The molecule has 0 fully saturated rings. The molecule has 3 N–H and O–H groups in total. The van der Waals surface area contributed by atoms with E-state index in [2.05, 4.69) is 15.5 Å². The number of hydrogen-bond donors (Lipinski definition) is 3. The molecule has 2 rings (SSSR count). The zero-order valence-corrected chi connectivity index (χ0v) is 10.6. The third-order valence-corrected chi connectivity index (χ3v) is 2.72. The summed E-state index contributed by atoms with van der Waals surface area (Å²) in [6.45, 7) is 1.94. The lowest BCUT2D eigenvalue weighted by atomic mass is 10.1. The highest BCUT2D eigenvalue weighted by molar-refractivity contribution is 5.95. The van der Waals surface area contributed by atoms with Gasteiger partial charge in [0.05, 0.1) is 16.2 Å². The number of nitro groups is 1. The topological polar surface area (TPSA) is 121 Å². The maximum absolute atomic E-state index is 11.1. The van der Waals surface area contributed by atoms with Gasteiger partial charge in [-0.2, -0.15) is 5.10 Å². The number of carbonyl (C=O) groups is 1. The molecule has 1 aromatic heterocycles. The first-order chi connectivity index (χ1) is 9.51. The van der Waals surface area contributed by atoms with Crippen molar-refractivity contribution in [2.45, 2.75) is 13.3 Å². The van der Waals surface area contributed by atoms with Crippen LogP contribution >= 0.6 is 0 Å². The molecule has 8 heteroatoms. The van der Waals surface area contributed by atoms with Gasteiger partial charge in [0.1, 0.15) is 0 Å². The van der Waals surface area contributed by atoms with Crippen molar-refractivity contribution in [3.05, 3.63) is 45.6 Å². The predicted octanol–water partition coefficient (Wildman–Crippen LogP) is 2.32.